The van der Waals surface area contributed by atoms with Crippen LogP contribution in [0, 0.1) is 0 Å². The second kappa shape index (κ2) is 6.55. The Bertz CT molecular complexity index is 1150. The monoisotopic (exact) mass is 411 g/mol. The molecule has 1 aromatic heterocycles. The lowest BCUT2D eigenvalue weighted by atomic mass is 9.70. The number of rotatable bonds is 4. The predicted octanol–water partition coefficient (Wildman–Crippen LogP) is 2.75. The van der Waals surface area contributed by atoms with E-state index in [0.717, 1.165) is 11.3 Å². The maximum absolute atomic E-state index is 13.4. The van der Waals surface area contributed by atoms with Crippen molar-refractivity contribution < 1.29 is 19.4 Å². The van der Waals surface area contributed by atoms with E-state index in [0.29, 0.717) is 32.6 Å². The lowest BCUT2D eigenvalue weighted by Gasteiger charge is -2.36. The highest BCUT2D eigenvalue weighted by atomic mass is 32.1. The summed E-state index contributed by atoms with van der Waals surface area (Å²) in [5, 5.41) is 10.2. The first-order chi connectivity index (χ1) is 13.7. The third kappa shape index (κ3) is 2.71. The Morgan fingerprint density at radius 3 is 2.45 bits per heavy atom. The normalized spacial score (nSPS) is 21.0. The van der Waals surface area contributed by atoms with Gasteiger partial charge in [0.25, 0.3) is 0 Å². The Morgan fingerprint density at radius 1 is 1.21 bits per heavy atom. The van der Waals surface area contributed by atoms with Crippen LogP contribution in [0.3, 0.4) is 0 Å². The molecule has 1 aliphatic carbocycles. The summed E-state index contributed by atoms with van der Waals surface area (Å²) < 4.78 is 6.24. The fourth-order valence-corrected chi connectivity index (χ4v) is 5.04. The number of carboxylic acid groups (broad SMARTS) is 1. The number of ether oxygens (including phenoxy) is 1. The molecule has 0 spiro atoms. The van der Waals surface area contributed by atoms with Crippen LogP contribution < -0.4 is 21.9 Å². The van der Waals surface area contributed by atoms with E-state index < -0.39 is 23.3 Å². The number of hydrogen-bond acceptors (Lipinski definition) is 7. The number of thiophene rings is 1. The van der Waals surface area contributed by atoms with Gasteiger partial charge in [0.05, 0.1) is 16.8 Å². The van der Waals surface area contributed by atoms with Crippen molar-refractivity contribution >= 4 is 38.9 Å². The molecule has 0 saturated heterocycles. The molecule has 2 aromatic carbocycles. The molecular weight excluding hydrogens is 390 g/mol. The molecule has 2 atom stereocenters. The maximum atomic E-state index is 13.4. The molecule has 7 N–H and O–H groups in total. The molecule has 0 bridgehead atoms. The fraction of sp³-hybridized carbons (Fsp3) is 0.238. The van der Waals surface area contributed by atoms with Gasteiger partial charge in [-0.3, -0.25) is 4.79 Å². The van der Waals surface area contributed by atoms with Crippen molar-refractivity contribution in [1.29, 1.82) is 0 Å². The molecule has 0 fully saturated rings. The number of hydrogen-bond donors (Lipinski definition) is 4. The molecule has 1 heterocycles. The van der Waals surface area contributed by atoms with Gasteiger partial charge in [-0.1, -0.05) is 18.2 Å². The SMILES string of the molecule is CC(C)Oc1ccc(C2(N)C(=O)C(N)c3c(C(=O)O)sc4c(N)ccc2c34)cc1. The van der Waals surface area contributed by atoms with E-state index in [9.17, 15) is 14.7 Å². The van der Waals surface area contributed by atoms with Crippen LogP contribution in [0.4, 0.5) is 5.69 Å². The van der Waals surface area contributed by atoms with Crippen LogP contribution in [0.1, 0.15) is 46.3 Å². The second-order valence-electron chi connectivity index (χ2n) is 7.40. The first kappa shape index (κ1) is 19.4. The van der Waals surface area contributed by atoms with Gasteiger partial charge in [-0.15, -0.1) is 11.3 Å². The molecule has 0 radical (unpaired) electrons. The van der Waals surface area contributed by atoms with E-state index in [1.54, 1.807) is 36.4 Å². The van der Waals surface area contributed by atoms with Gasteiger partial charge in [0.1, 0.15) is 16.2 Å². The number of anilines is 1. The zero-order valence-electron chi connectivity index (χ0n) is 15.9. The summed E-state index contributed by atoms with van der Waals surface area (Å²) in [7, 11) is 0. The smallest absolute Gasteiger partial charge is 0.346 e. The first-order valence-electron chi connectivity index (χ1n) is 9.10. The van der Waals surface area contributed by atoms with E-state index in [1.807, 2.05) is 13.8 Å². The molecule has 0 saturated carbocycles. The molecule has 29 heavy (non-hydrogen) atoms. The largest absolute Gasteiger partial charge is 0.491 e. The van der Waals surface area contributed by atoms with Crippen molar-refractivity contribution in [2.24, 2.45) is 11.5 Å². The number of nitrogens with two attached hydrogens (primary N) is 3. The standard InChI is InChI=1S/C21H21N3O4S/c1-9(2)28-11-5-3-10(4-6-11)21(24)12-7-8-13(22)17-14(12)15(16(23)19(21)25)18(29-17)20(26)27/h3-9,16H,22-24H2,1-2H3,(H,26,27). The van der Waals surface area contributed by atoms with Crippen molar-refractivity contribution in [1.82, 2.24) is 0 Å². The van der Waals surface area contributed by atoms with Crippen LogP contribution >= 0.6 is 11.3 Å². The van der Waals surface area contributed by atoms with Crippen LogP contribution in [0.25, 0.3) is 10.1 Å². The van der Waals surface area contributed by atoms with Crippen LogP contribution in [0.15, 0.2) is 36.4 Å². The van der Waals surface area contributed by atoms with E-state index in [4.69, 9.17) is 21.9 Å². The van der Waals surface area contributed by atoms with Crippen LogP contribution in [-0.4, -0.2) is 23.0 Å². The minimum atomic E-state index is -1.52. The van der Waals surface area contributed by atoms with Crippen LogP contribution in [0.5, 0.6) is 5.75 Å². The van der Waals surface area contributed by atoms with Gasteiger partial charge < -0.3 is 27.0 Å². The van der Waals surface area contributed by atoms with Gasteiger partial charge in [0.2, 0.25) is 0 Å². The topological polar surface area (TPSA) is 142 Å². The Labute approximate surface area is 171 Å². The summed E-state index contributed by atoms with van der Waals surface area (Å²) in [5.74, 6) is -0.948. The molecule has 4 rings (SSSR count). The Balaban J connectivity index is 1.98. The van der Waals surface area contributed by atoms with Crippen molar-refractivity contribution in [2.45, 2.75) is 31.5 Å². The first-order valence-corrected chi connectivity index (χ1v) is 9.92. The molecule has 3 aromatic rings. The number of benzene rings is 2. The third-order valence-electron chi connectivity index (χ3n) is 5.19. The van der Waals surface area contributed by atoms with Gasteiger partial charge in [-0.25, -0.2) is 4.79 Å². The quantitative estimate of drug-likeness (QED) is 0.484. The maximum Gasteiger partial charge on any atom is 0.346 e. The lowest BCUT2D eigenvalue weighted by Crippen LogP contribution is -2.52. The number of carbonyl (C=O) groups is 2. The zero-order valence-corrected chi connectivity index (χ0v) is 16.7. The molecule has 0 aliphatic heterocycles. The molecule has 150 valence electrons. The second-order valence-corrected chi connectivity index (χ2v) is 8.42. The molecule has 8 heteroatoms. The van der Waals surface area contributed by atoms with Crippen molar-refractivity contribution in [3.8, 4) is 5.75 Å². The van der Waals surface area contributed by atoms with Gasteiger partial charge in [-0.05, 0) is 43.2 Å². The van der Waals surface area contributed by atoms with Crippen LogP contribution in [-0.2, 0) is 10.3 Å². The highest BCUT2D eigenvalue weighted by Crippen LogP contribution is 2.49. The van der Waals surface area contributed by atoms with E-state index in [-0.39, 0.29) is 16.5 Å². The van der Waals surface area contributed by atoms with Crippen LogP contribution in [0.2, 0.25) is 0 Å². The third-order valence-corrected chi connectivity index (χ3v) is 6.43. The molecular formula is C21H21N3O4S. The van der Waals surface area contributed by atoms with Crippen molar-refractivity contribution in [2.75, 3.05) is 5.73 Å². The number of carboxylic acids is 1. The Kier molecular flexibility index (Phi) is 4.38. The summed E-state index contributed by atoms with van der Waals surface area (Å²) in [5.41, 5.74) is 19.3. The van der Waals surface area contributed by atoms with E-state index in [1.165, 1.54) is 0 Å². The lowest BCUT2D eigenvalue weighted by molar-refractivity contribution is -0.124. The number of Topliss-reactive ketones (excluding diaryl/α,β-unsaturated/α-hetero) is 1. The number of ketones is 1. The summed E-state index contributed by atoms with van der Waals surface area (Å²) in [6.45, 7) is 3.84. The summed E-state index contributed by atoms with van der Waals surface area (Å²) >= 11 is 1.02. The van der Waals surface area contributed by atoms with E-state index >= 15 is 0 Å². The summed E-state index contributed by atoms with van der Waals surface area (Å²) in [6, 6.07) is 9.14. The average Bonchev–Trinajstić information content (AvgIpc) is 3.08. The molecule has 0 amide bonds. The average molecular weight is 411 g/mol. The summed E-state index contributed by atoms with van der Waals surface area (Å²) in [4.78, 5) is 25.1. The number of nitrogen functional groups attached to an aromatic ring is 1. The van der Waals surface area contributed by atoms with Gasteiger partial charge >= 0.3 is 5.97 Å². The van der Waals surface area contributed by atoms with Crippen molar-refractivity contribution in [3.05, 3.63) is 58.0 Å². The number of aromatic carboxylic acids is 1. The predicted molar refractivity (Wildman–Crippen MR) is 112 cm³/mol. The highest BCUT2D eigenvalue weighted by Gasteiger charge is 2.48. The molecule has 1 aliphatic rings. The van der Waals surface area contributed by atoms with Crippen molar-refractivity contribution in [3.63, 3.8) is 0 Å². The zero-order chi connectivity index (χ0) is 21.1. The minimum Gasteiger partial charge on any atom is -0.491 e. The minimum absolute atomic E-state index is 0.0111. The van der Waals surface area contributed by atoms with Gasteiger partial charge in [0, 0.05) is 16.6 Å². The highest BCUT2D eigenvalue weighted by molar-refractivity contribution is 7.21. The Morgan fingerprint density at radius 2 is 1.86 bits per heavy atom. The van der Waals surface area contributed by atoms with E-state index in [2.05, 4.69) is 0 Å². The molecule has 2 unspecified atom stereocenters. The van der Waals surface area contributed by atoms with Gasteiger partial charge in [0.15, 0.2) is 5.78 Å². The van der Waals surface area contributed by atoms with Gasteiger partial charge in [-0.2, -0.15) is 0 Å². The summed E-state index contributed by atoms with van der Waals surface area (Å²) in [6.07, 6.45) is 0.0111. The fourth-order valence-electron chi connectivity index (χ4n) is 3.91. The number of carbonyl (C=O) groups excluding carboxylic acids is 1. The Hall–Kier alpha value is -2.94. The molecule has 7 nitrogen and oxygen atoms in total.